The number of carboxylic acids is 1. The zero-order valence-electron chi connectivity index (χ0n) is 11.6. The maximum Gasteiger partial charge on any atom is 0.330 e. The maximum atomic E-state index is 12.4. The summed E-state index contributed by atoms with van der Waals surface area (Å²) >= 11 is 0. The molecule has 1 unspecified atom stereocenters. The van der Waals surface area contributed by atoms with E-state index in [1.54, 1.807) is 24.3 Å². The predicted molar refractivity (Wildman–Crippen MR) is 75.2 cm³/mol. The van der Waals surface area contributed by atoms with E-state index in [0.29, 0.717) is 12.0 Å². The molecule has 5 heteroatoms. The molecule has 1 saturated heterocycles. The van der Waals surface area contributed by atoms with Crippen LogP contribution in [-0.2, 0) is 9.59 Å². The lowest BCUT2D eigenvalue weighted by Crippen LogP contribution is -2.54. The third-order valence-corrected chi connectivity index (χ3v) is 3.94. The van der Waals surface area contributed by atoms with Crippen molar-refractivity contribution < 1.29 is 14.7 Å². The Morgan fingerprint density at radius 3 is 2.60 bits per heavy atom. The van der Waals surface area contributed by atoms with Gasteiger partial charge in [0, 0.05) is 0 Å². The van der Waals surface area contributed by atoms with Crippen molar-refractivity contribution in [3.63, 3.8) is 0 Å². The Balaban J connectivity index is 2.17. The SMILES string of the molecule is CCC1(C(=O)N[C@@H](C(=O)O)c2ccccc2)CCCN1. The van der Waals surface area contributed by atoms with Crippen LogP contribution in [0.25, 0.3) is 0 Å². The Kier molecular flexibility index (Phi) is 4.39. The number of nitrogens with one attached hydrogen (secondary N) is 2. The number of hydrogen-bond donors (Lipinski definition) is 3. The molecule has 0 aliphatic carbocycles. The van der Waals surface area contributed by atoms with Gasteiger partial charge in [0.05, 0.1) is 5.54 Å². The largest absolute Gasteiger partial charge is 0.479 e. The molecule has 1 amide bonds. The predicted octanol–water partition coefficient (Wildman–Crippen LogP) is 1.46. The average molecular weight is 276 g/mol. The highest BCUT2D eigenvalue weighted by atomic mass is 16.4. The number of hydrogen-bond acceptors (Lipinski definition) is 3. The van der Waals surface area contributed by atoms with Gasteiger partial charge in [-0.3, -0.25) is 4.79 Å². The fourth-order valence-corrected chi connectivity index (χ4v) is 2.66. The molecule has 1 aromatic rings. The zero-order chi connectivity index (χ0) is 14.6. The van der Waals surface area contributed by atoms with Crippen molar-refractivity contribution in [3.05, 3.63) is 35.9 Å². The highest BCUT2D eigenvalue weighted by molar-refractivity contribution is 5.90. The van der Waals surface area contributed by atoms with Gasteiger partial charge < -0.3 is 15.7 Å². The maximum absolute atomic E-state index is 12.4. The van der Waals surface area contributed by atoms with Crippen LogP contribution in [0, 0.1) is 0 Å². The minimum absolute atomic E-state index is 0.228. The summed E-state index contributed by atoms with van der Waals surface area (Å²) in [6, 6.07) is 7.76. The van der Waals surface area contributed by atoms with Gasteiger partial charge in [-0.25, -0.2) is 4.79 Å². The van der Waals surface area contributed by atoms with Gasteiger partial charge in [-0.2, -0.15) is 0 Å². The van der Waals surface area contributed by atoms with Crippen molar-refractivity contribution in [3.8, 4) is 0 Å². The Morgan fingerprint density at radius 2 is 2.10 bits per heavy atom. The molecule has 0 bridgehead atoms. The molecule has 3 N–H and O–H groups in total. The molecule has 0 saturated carbocycles. The standard InChI is InChI=1S/C15H20N2O3/c1-2-15(9-6-10-16-15)14(20)17-12(13(18)19)11-7-4-3-5-8-11/h3-5,7-8,12,16H,2,6,9-10H2,1H3,(H,17,20)(H,18,19)/t12-,15?/m1/s1. The van der Waals surface area contributed by atoms with Crippen LogP contribution in [-0.4, -0.2) is 29.1 Å². The molecule has 2 atom stereocenters. The fourth-order valence-electron chi connectivity index (χ4n) is 2.66. The van der Waals surface area contributed by atoms with Crippen molar-refractivity contribution in [1.82, 2.24) is 10.6 Å². The van der Waals surface area contributed by atoms with Gasteiger partial charge in [0.2, 0.25) is 5.91 Å². The second-order valence-corrected chi connectivity index (χ2v) is 5.12. The fraction of sp³-hybridized carbons (Fsp3) is 0.467. The molecule has 2 rings (SSSR count). The summed E-state index contributed by atoms with van der Waals surface area (Å²) in [4.78, 5) is 23.9. The van der Waals surface area contributed by atoms with Crippen LogP contribution in [0.1, 0.15) is 37.8 Å². The quantitative estimate of drug-likeness (QED) is 0.761. The lowest BCUT2D eigenvalue weighted by atomic mass is 9.92. The first kappa shape index (κ1) is 14.5. The highest BCUT2D eigenvalue weighted by Crippen LogP contribution is 2.24. The lowest BCUT2D eigenvalue weighted by Gasteiger charge is -2.28. The van der Waals surface area contributed by atoms with E-state index in [1.807, 2.05) is 13.0 Å². The van der Waals surface area contributed by atoms with E-state index in [-0.39, 0.29) is 5.91 Å². The second-order valence-electron chi connectivity index (χ2n) is 5.12. The van der Waals surface area contributed by atoms with E-state index in [4.69, 9.17) is 0 Å². The van der Waals surface area contributed by atoms with Crippen molar-refractivity contribution in [2.75, 3.05) is 6.54 Å². The van der Waals surface area contributed by atoms with Gasteiger partial charge >= 0.3 is 5.97 Å². The average Bonchev–Trinajstić information content (AvgIpc) is 2.95. The molecule has 1 heterocycles. The molecule has 1 fully saturated rings. The number of rotatable bonds is 5. The van der Waals surface area contributed by atoms with Crippen LogP contribution in [0.2, 0.25) is 0 Å². The molecule has 20 heavy (non-hydrogen) atoms. The Labute approximate surface area is 118 Å². The first-order chi connectivity index (χ1) is 9.59. The summed E-state index contributed by atoms with van der Waals surface area (Å²) in [6.45, 7) is 2.74. The molecular formula is C15H20N2O3. The minimum Gasteiger partial charge on any atom is -0.479 e. The first-order valence-electron chi connectivity index (χ1n) is 6.93. The first-order valence-corrected chi connectivity index (χ1v) is 6.93. The van der Waals surface area contributed by atoms with E-state index >= 15 is 0 Å². The highest BCUT2D eigenvalue weighted by Gasteiger charge is 2.40. The number of carboxylic acid groups (broad SMARTS) is 1. The van der Waals surface area contributed by atoms with Crippen molar-refractivity contribution in [1.29, 1.82) is 0 Å². The summed E-state index contributed by atoms with van der Waals surface area (Å²) in [5.41, 5.74) is -0.0414. The number of amides is 1. The van der Waals surface area contributed by atoms with Gasteiger partial charge in [-0.05, 0) is 31.4 Å². The van der Waals surface area contributed by atoms with E-state index < -0.39 is 17.6 Å². The van der Waals surface area contributed by atoms with Crippen LogP contribution in [0.15, 0.2) is 30.3 Å². The molecule has 1 aliphatic heterocycles. The summed E-state index contributed by atoms with van der Waals surface area (Å²) in [6.07, 6.45) is 2.33. The summed E-state index contributed by atoms with van der Waals surface area (Å²) in [5.74, 6) is -1.28. The number of aliphatic carboxylic acids is 1. The van der Waals surface area contributed by atoms with E-state index in [0.717, 1.165) is 19.4 Å². The van der Waals surface area contributed by atoms with E-state index in [9.17, 15) is 14.7 Å². The van der Waals surface area contributed by atoms with E-state index in [1.165, 1.54) is 0 Å². The topological polar surface area (TPSA) is 78.4 Å². The van der Waals surface area contributed by atoms with Crippen LogP contribution < -0.4 is 10.6 Å². The molecule has 1 aliphatic rings. The van der Waals surface area contributed by atoms with Crippen LogP contribution in [0.3, 0.4) is 0 Å². The van der Waals surface area contributed by atoms with Gasteiger partial charge in [-0.1, -0.05) is 37.3 Å². The Morgan fingerprint density at radius 1 is 1.40 bits per heavy atom. The Hall–Kier alpha value is -1.88. The van der Waals surface area contributed by atoms with Crippen molar-refractivity contribution >= 4 is 11.9 Å². The van der Waals surface area contributed by atoms with Gasteiger partial charge in [0.15, 0.2) is 6.04 Å². The summed E-state index contributed by atoms with van der Waals surface area (Å²) in [5, 5.41) is 15.2. The molecule has 1 aromatic carbocycles. The van der Waals surface area contributed by atoms with Gasteiger partial charge in [0.25, 0.3) is 0 Å². The normalized spacial score (nSPS) is 23.2. The minimum atomic E-state index is -1.05. The van der Waals surface area contributed by atoms with Crippen LogP contribution >= 0.6 is 0 Å². The molecule has 0 aromatic heterocycles. The number of carbonyl (C=O) groups is 2. The third kappa shape index (κ3) is 2.82. The van der Waals surface area contributed by atoms with Crippen molar-refractivity contribution in [2.24, 2.45) is 0 Å². The summed E-state index contributed by atoms with van der Waals surface area (Å²) < 4.78 is 0. The monoisotopic (exact) mass is 276 g/mol. The molecule has 108 valence electrons. The molecule has 0 spiro atoms. The smallest absolute Gasteiger partial charge is 0.330 e. The van der Waals surface area contributed by atoms with Crippen LogP contribution in [0.5, 0.6) is 0 Å². The molecule has 0 radical (unpaired) electrons. The summed E-state index contributed by atoms with van der Waals surface area (Å²) in [7, 11) is 0. The molecular weight excluding hydrogens is 256 g/mol. The van der Waals surface area contributed by atoms with E-state index in [2.05, 4.69) is 10.6 Å². The van der Waals surface area contributed by atoms with Gasteiger partial charge in [-0.15, -0.1) is 0 Å². The van der Waals surface area contributed by atoms with Crippen molar-refractivity contribution in [2.45, 2.75) is 37.8 Å². The van der Waals surface area contributed by atoms with Gasteiger partial charge in [0.1, 0.15) is 0 Å². The van der Waals surface area contributed by atoms with Crippen LogP contribution in [0.4, 0.5) is 0 Å². The number of benzene rings is 1. The zero-order valence-corrected chi connectivity index (χ0v) is 11.6. The number of carbonyl (C=O) groups excluding carboxylic acids is 1. The Bertz CT molecular complexity index is 481. The third-order valence-electron chi connectivity index (χ3n) is 3.94. The lowest BCUT2D eigenvalue weighted by molar-refractivity contribution is -0.143. The second kappa shape index (κ2) is 6.05. The molecule has 5 nitrogen and oxygen atoms in total.